The number of rotatable bonds is 5. The highest BCUT2D eigenvalue weighted by Crippen LogP contribution is 2.32. The van der Waals surface area contributed by atoms with E-state index in [1.807, 2.05) is 48.8 Å². The third-order valence-corrected chi connectivity index (χ3v) is 6.78. The molecule has 1 aliphatic heterocycles. The number of amides is 1. The van der Waals surface area contributed by atoms with Crippen molar-refractivity contribution in [2.75, 3.05) is 18.4 Å². The van der Waals surface area contributed by atoms with E-state index in [1.165, 1.54) is 0 Å². The molecular formula is C19H22ClN5OS2. The summed E-state index contributed by atoms with van der Waals surface area (Å²) in [5, 5.41) is 12.8. The Morgan fingerprint density at radius 1 is 1.29 bits per heavy atom. The largest absolute Gasteiger partial charge is 0.324 e. The first-order chi connectivity index (χ1) is 13.2. The lowest BCUT2D eigenvalue weighted by molar-refractivity contribution is -0.126. The standard InChI is InChI=1S/C19H21N5OS2.ClH/c1-14-13-26-18(22-14)27-16-5-3-15(4-6-16)23-17(25)19(7-10-20-11-8-19)24-12-2-9-21-24;/h2-6,9,12-13,20H,7-8,10-11H2,1H3,(H,23,25);1H. The molecule has 0 saturated carbocycles. The van der Waals surface area contributed by atoms with Crippen molar-refractivity contribution in [2.24, 2.45) is 0 Å². The van der Waals surface area contributed by atoms with Gasteiger partial charge in [0, 0.05) is 34.1 Å². The molecule has 2 aromatic heterocycles. The van der Waals surface area contributed by atoms with Crippen LogP contribution in [0.3, 0.4) is 0 Å². The molecule has 28 heavy (non-hydrogen) atoms. The summed E-state index contributed by atoms with van der Waals surface area (Å²) in [6.07, 6.45) is 5.04. The molecule has 1 fully saturated rings. The SMILES string of the molecule is Cc1csc(Sc2ccc(NC(=O)C3(n4cccn4)CCNCC3)cc2)n1.Cl. The average Bonchev–Trinajstić information content (AvgIpc) is 3.36. The monoisotopic (exact) mass is 435 g/mol. The van der Waals surface area contributed by atoms with E-state index >= 15 is 0 Å². The van der Waals surface area contributed by atoms with Gasteiger partial charge in [-0.2, -0.15) is 5.10 Å². The summed E-state index contributed by atoms with van der Waals surface area (Å²) < 4.78 is 2.83. The van der Waals surface area contributed by atoms with Crippen LogP contribution in [0.15, 0.2) is 57.3 Å². The zero-order valence-corrected chi connectivity index (χ0v) is 17.9. The van der Waals surface area contributed by atoms with Gasteiger partial charge in [-0.25, -0.2) is 4.98 Å². The maximum absolute atomic E-state index is 13.2. The fourth-order valence-corrected chi connectivity index (χ4v) is 5.07. The van der Waals surface area contributed by atoms with Crippen molar-refractivity contribution in [1.82, 2.24) is 20.1 Å². The number of aromatic nitrogens is 3. The van der Waals surface area contributed by atoms with Gasteiger partial charge in [0.25, 0.3) is 5.91 Å². The molecule has 0 radical (unpaired) electrons. The number of anilines is 1. The maximum Gasteiger partial charge on any atom is 0.252 e. The Labute approximate surface area is 178 Å². The normalized spacial score (nSPS) is 15.6. The Balaban J connectivity index is 0.00000225. The average molecular weight is 436 g/mol. The van der Waals surface area contributed by atoms with Crippen LogP contribution < -0.4 is 10.6 Å². The van der Waals surface area contributed by atoms with Crippen LogP contribution in [-0.4, -0.2) is 33.8 Å². The van der Waals surface area contributed by atoms with Crippen molar-refractivity contribution >= 4 is 47.1 Å². The molecule has 0 bridgehead atoms. The van der Waals surface area contributed by atoms with Gasteiger partial charge in [0.05, 0.1) is 0 Å². The number of aryl methyl sites for hydroxylation is 1. The molecule has 4 rings (SSSR count). The quantitative estimate of drug-likeness (QED) is 0.635. The van der Waals surface area contributed by atoms with E-state index in [1.54, 1.807) is 34.0 Å². The molecular weight excluding hydrogens is 414 g/mol. The number of nitrogens with zero attached hydrogens (tertiary/aromatic N) is 3. The molecule has 2 N–H and O–H groups in total. The van der Waals surface area contributed by atoms with Gasteiger partial charge in [0.15, 0.2) is 4.34 Å². The first kappa shape index (κ1) is 20.9. The molecule has 0 unspecified atom stereocenters. The zero-order valence-electron chi connectivity index (χ0n) is 15.4. The first-order valence-corrected chi connectivity index (χ1v) is 10.6. The highest BCUT2D eigenvalue weighted by Gasteiger charge is 2.42. The van der Waals surface area contributed by atoms with E-state index in [0.29, 0.717) is 0 Å². The second-order valence-electron chi connectivity index (χ2n) is 6.57. The van der Waals surface area contributed by atoms with Gasteiger partial charge in [-0.05, 0) is 63.2 Å². The number of hydrogen-bond acceptors (Lipinski definition) is 6. The number of halogens is 1. The van der Waals surface area contributed by atoms with Gasteiger partial charge in [0.1, 0.15) is 5.54 Å². The zero-order chi connectivity index (χ0) is 18.7. The lowest BCUT2D eigenvalue weighted by Gasteiger charge is -2.36. The molecule has 148 valence electrons. The number of nitrogens with one attached hydrogen (secondary N) is 2. The number of thiazole rings is 1. The second kappa shape index (κ2) is 9.09. The minimum absolute atomic E-state index is 0. The first-order valence-electron chi connectivity index (χ1n) is 8.88. The summed E-state index contributed by atoms with van der Waals surface area (Å²) in [5.74, 6) is -0.0105. The smallest absolute Gasteiger partial charge is 0.252 e. The summed E-state index contributed by atoms with van der Waals surface area (Å²) in [5.41, 5.74) is 1.20. The lowest BCUT2D eigenvalue weighted by atomic mass is 9.87. The number of carbonyl (C=O) groups excluding carboxylic acids is 1. The number of benzene rings is 1. The van der Waals surface area contributed by atoms with Crippen molar-refractivity contribution in [3.8, 4) is 0 Å². The molecule has 0 atom stereocenters. The van der Waals surface area contributed by atoms with Gasteiger partial charge in [0.2, 0.25) is 0 Å². The van der Waals surface area contributed by atoms with Crippen LogP contribution in [0.4, 0.5) is 5.69 Å². The Hall–Kier alpha value is -1.87. The Morgan fingerprint density at radius 3 is 2.64 bits per heavy atom. The lowest BCUT2D eigenvalue weighted by Crippen LogP contribution is -2.52. The van der Waals surface area contributed by atoms with E-state index in [4.69, 9.17) is 0 Å². The summed E-state index contributed by atoms with van der Waals surface area (Å²) in [4.78, 5) is 18.7. The Kier molecular flexibility index (Phi) is 6.77. The second-order valence-corrected chi connectivity index (χ2v) is 8.75. The third-order valence-electron chi connectivity index (χ3n) is 4.71. The van der Waals surface area contributed by atoms with Crippen LogP contribution >= 0.6 is 35.5 Å². The van der Waals surface area contributed by atoms with Gasteiger partial charge in [-0.3, -0.25) is 9.48 Å². The number of hydrogen-bond donors (Lipinski definition) is 2. The van der Waals surface area contributed by atoms with E-state index in [-0.39, 0.29) is 18.3 Å². The molecule has 0 aliphatic carbocycles. The van der Waals surface area contributed by atoms with Gasteiger partial charge in [-0.1, -0.05) is 11.8 Å². The van der Waals surface area contributed by atoms with Crippen molar-refractivity contribution in [1.29, 1.82) is 0 Å². The minimum Gasteiger partial charge on any atom is -0.324 e. The minimum atomic E-state index is -0.638. The van der Waals surface area contributed by atoms with Crippen molar-refractivity contribution in [2.45, 2.75) is 34.5 Å². The number of carbonyl (C=O) groups is 1. The van der Waals surface area contributed by atoms with Crippen molar-refractivity contribution < 1.29 is 4.79 Å². The molecule has 6 nitrogen and oxygen atoms in total. The predicted octanol–water partition coefficient (Wildman–Crippen LogP) is 3.94. The predicted molar refractivity (Wildman–Crippen MR) is 116 cm³/mol. The summed E-state index contributed by atoms with van der Waals surface area (Å²) in [6.45, 7) is 3.60. The van der Waals surface area contributed by atoms with Gasteiger partial charge >= 0.3 is 0 Å². The maximum atomic E-state index is 13.2. The highest BCUT2D eigenvalue weighted by atomic mass is 35.5. The third kappa shape index (κ3) is 4.41. The molecule has 1 saturated heterocycles. The van der Waals surface area contributed by atoms with E-state index < -0.39 is 5.54 Å². The fourth-order valence-electron chi connectivity index (χ4n) is 3.26. The van der Waals surface area contributed by atoms with Crippen LogP contribution in [0, 0.1) is 6.92 Å². The topological polar surface area (TPSA) is 71.8 Å². The van der Waals surface area contributed by atoms with Crippen LogP contribution in [0.25, 0.3) is 0 Å². The van der Waals surface area contributed by atoms with Crippen LogP contribution in [0.2, 0.25) is 0 Å². The van der Waals surface area contributed by atoms with E-state index in [2.05, 4.69) is 20.7 Å². The van der Waals surface area contributed by atoms with E-state index in [0.717, 1.165) is 46.5 Å². The molecule has 3 heterocycles. The molecule has 0 spiro atoms. The molecule has 1 amide bonds. The molecule has 1 aromatic carbocycles. The van der Waals surface area contributed by atoms with Crippen molar-refractivity contribution in [3.05, 3.63) is 53.8 Å². The summed E-state index contributed by atoms with van der Waals surface area (Å²) >= 11 is 3.28. The van der Waals surface area contributed by atoms with Crippen LogP contribution in [-0.2, 0) is 10.3 Å². The van der Waals surface area contributed by atoms with E-state index in [9.17, 15) is 4.79 Å². The fraction of sp³-hybridized carbons (Fsp3) is 0.316. The molecule has 9 heteroatoms. The summed E-state index contributed by atoms with van der Waals surface area (Å²) in [7, 11) is 0. The van der Waals surface area contributed by atoms with Gasteiger partial charge < -0.3 is 10.6 Å². The summed E-state index contributed by atoms with van der Waals surface area (Å²) in [6, 6.07) is 9.78. The Morgan fingerprint density at radius 2 is 2.04 bits per heavy atom. The van der Waals surface area contributed by atoms with Crippen molar-refractivity contribution in [3.63, 3.8) is 0 Å². The molecule has 1 aliphatic rings. The van der Waals surface area contributed by atoms with Gasteiger partial charge in [-0.15, -0.1) is 23.7 Å². The van der Waals surface area contributed by atoms with Crippen LogP contribution in [0.1, 0.15) is 18.5 Å². The highest BCUT2D eigenvalue weighted by molar-refractivity contribution is 8.01. The van der Waals surface area contributed by atoms with Crippen LogP contribution in [0.5, 0.6) is 0 Å². The number of piperidine rings is 1. The Bertz CT molecular complexity index is 905. The molecule has 3 aromatic rings.